The summed E-state index contributed by atoms with van der Waals surface area (Å²) >= 11 is 0. The van der Waals surface area contributed by atoms with Crippen molar-refractivity contribution >= 4 is 17.8 Å². The van der Waals surface area contributed by atoms with Gasteiger partial charge in [-0.2, -0.15) is 0 Å². The highest BCUT2D eigenvalue weighted by atomic mass is 16.8. The van der Waals surface area contributed by atoms with E-state index in [0.29, 0.717) is 31.6 Å². The lowest BCUT2D eigenvalue weighted by Gasteiger charge is -2.71. The van der Waals surface area contributed by atoms with Gasteiger partial charge in [-0.05, 0) is 122 Å². The number of nitrogens with one attached hydrogen (secondary N) is 1. The Kier molecular flexibility index (Phi) is 19.3. The van der Waals surface area contributed by atoms with Crippen molar-refractivity contribution in [3.05, 3.63) is 11.6 Å². The summed E-state index contributed by atoms with van der Waals surface area (Å²) in [6.07, 6.45) is -7.64. The summed E-state index contributed by atoms with van der Waals surface area (Å²) < 4.78 is 36.5. The number of hydrogen-bond acceptors (Lipinski definition) is 18. The summed E-state index contributed by atoms with van der Waals surface area (Å²) in [6, 6.07) is -1.34. The number of fused-ring (bicyclic) bond motifs is 7. The normalized spacial score (nSPS) is 46.3. The molecule has 3 heterocycles. The fraction of sp³-hybridized carbons (Fsp3) is 0.915. The van der Waals surface area contributed by atoms with E-state index in [1.54, 1.807) is 0 Å². The van der Waals surface area contributed by atoms with Crippen molar-refractivity contribution < 1.29 is 93.9 Å². The van der Waals surface area contributed by atoms with Crippen molar-refractivity contribution in [3.63, 3.8) is 0 Å². The third-order valence-corrected chi connectivity index (χ3v) is 21.8. The molecular weight excluding hydrogens is 1030 g/mol. The standard InChI is InChI=1S/C59H97NO19/c1-31-48(77-50-46(71)43(68)34(62)30-74-50)45(70)47(72)51(75-31)78-49-44(69)42(60-40(65)17-15-13-11-9-10-12-14-16-18-41(66)67)35(29-61)76-52(49)79-53(73)59-26-25-54(2,3)27-33(59)32-19-20-37-56(6)23-22-38(63)55(4,5)36(56)21-24-57(37,7)58(32,8)28-39(59)64/h19,31,33-39,42-52,61-64,68-72H,9-18,20-30H2,1-8H3,(H,60,65)(H,66,67)/t31?,33?,34-,35?,36+,37?,38+,39?,42+,43?,44?,45?,46?,47?,48+,49?,50+,51+,52+,56?,57?,58-,59-/m1/s1. The van der Waals surface area contributed by atoms with E-state index in [4.69, 9.17) is 33.5 Å². The number of rotatable bonds is 19. The second-order valence-corrected chi connectivity index (χ2v) is 27.4. The monoisotopic (exact) mass is 1120 g/mol. The van der Waals surface area contributed by atoms with Gasteiger partial charge in [0.2, 0.25) is 12.2 Å². The largest absolute Gasteiger partial charge is 0.481 e. The summed E-state index contributed by atoms with van der Waals surface area (Å²) in [5, 5.41) is 113. The van der Waals surface area contributed by atoms with Crippen LogP contribution in [-0.4, -0.2) is 180 Å². The molecule has 0 aromatic heterocycles. The number of carboxylic acid groups (broad SMARTS) is 1. The highest BCUT2D eigenvalue weighted by Gasteiger charge is 2.72. The molecule has 0 aromatic carbocycles. The van der Waals surface area contributed by atoms with E-state index >= 15 is 4.79 Å². The van der Waals surface area contributed by atoms with Crippen LogP contribution in [0.3, 0.4) is 0 Å². The Morgan fingerprint density at radius 1 is 0.671 bits per heavy atom. The van der Waals surface area contributed by atoms with E-state index in [-0.39, 0.29) is 59.4 Å². The lowest BCUT2D eigenvalue weighted by molar-refractivity contribution is -0.370. The summed E-state index contributed by atoms with van der Waals surface area (Å²) in [5.41, 5.74) is -1.66. The molecule has 0 radical (unpaired) electrons. The number of unbranched alkanes of at least 4 members (excludes halogenated alkanes) is 7. The third kappa shape index (κ3) is 11.8. The maximum Gasteiger partial charge on any atom is 0.317 e. The first-order valence-corrected chi connectivity index (χ1v) is 29.8. The van der Waals surface area contributed by atoms with Gasteiger partial charge < -0.3 is 84.8 Å². The van der Waals surface area contributed by atoms with Gasteiger partial charge in [0.15, 0.2) is 18.7 Å². The van der Waals surface area contributed by atoms with Crippen LogP contribution in [0.1, 0.15) is 177 Å². The molecule has 0 spiro atoms. The number of carbonyl (C=O) groups excluding carboxylic acids is 2. The summed E-state index contributed by atoms with van der Waals surface area (Å²) in [5.74, 6) is -1.95. The van der Waals surface area contributed by atoms with Gasteiger partial charge in [-0.25, -0.2) is 0 Å². The Bertz CT molecular complexity index is 2160. The van der Waals surface area contributed by atoms with Crippen LogP contribution in [0.25, 0.3) is 0 Å². The molecule has 20 nitrogen and oxygen atoms in total. The Labute approximate surface area is 466 Å². The van der Waals surface area contributed by atoms with Crippen molar-refractivity contribution in [1.82, 2.24) is 5.32 Å². The highest BCUT2D eigenvalue weighted by Crippen LogP contribution is 2.76. The second-order valence-electron chi connectivity index (χ2n) is 27.4. The quantitative estimate of drug-likeness (QED) is 0.0497. The number of aliphatic carboxylic acids is 1. The van der Waals surface area contributed by atoms with Crippen molar-refractivity contribution in [2.45, 2.75) is 276 Å². The molecule has 1 amide bonds. The molecule has 79 heavy (non-hydrogen) atoms. The van der Waals surface area contributed by atoms with Crippen LogP contribution in [0.2, 0.25) is 0 Å². The van der Waals surface area contributed by atoms with Crippen molar-refractivity contribution in [2.24, 2.45) is 50.2 Å². The van der Waals surface area contributed by atoms with Gasteiger partial charge in [0.1, 0.15) is 54.2 Å². The van der Waals surface area contributed by atoms with Gasteiger partial charge in [-0.15, -0.1) is 0 Å². The zero-order valence-electron chi connectivity index (χ0n) is 48.0. The first-order valence-electron chi connectivity index (χ1n) is 29.8. The number of aliphatic hydroxyl groups excluding tert-OH is 9. The second kappa shape index (κ2) is 24.3. The zero-order chi connectivity index (χ0) is 57.8. The minimum absolute atomic E-state index is 0.0647. The van der Waals surface area contributed by atoms with Gasteiger partial charge >= 0.3 is 11.9 Å². The van der Waals surface area contributed by atoms with E-state index in [1.165, 1.54) is 6.92 Å². The summed E-state index contributed by atoms with van der Waals surface area (Å²) in [7, 11) is 0. The fourth-order valence-corrected chi connectivity index (χ4v) is 16.8. The predicted molar refractivity (Wildman–Crippen MR) is 284 cm³/mol. The van der Waals surface area contributed by atoms with Crippen LogP contribution in [0.5, 0.6) is 0 Å². The van der Waals surface area contributed by atoms with Crippen molar-refractivity contribution in [3.8, 4) is 0 Å². The lowest BCUT2D eigenvalue weighted by atomic mass is 9.33. The first-order chi connectivity index (χ1) is 37.1. The molecular formula is C59H97NO19. The average molecular weight is 1120 g/mol. The van der Waals surface area contributed by atoms with Crippen LogP contribution < -0.4 is 5.32 Å². The molecule has 13 unspecified atom stereocenters. The SMILES string of the molecule is CC1O[C@@H](OC2C(O)[C@@H](NC(=O)CCCCCCCCCCC(=O)O)C(CO)O[C@H]2OC(=O)[C@]23CCC(C)(C)CC2C2=CCC4C5(C)CC[C@H](O)C(C)(C)[C@@H]5CCC4(C)[C@]2(C)CC3O)C(O)C(O)[C@H]1O[C@@H]1OC[C@@H](O)C(O)C1O. The first kappa shape index (κ1) is 62.6. The molecule has 452 valence electrons. The van der Waals surface area contributed by atoms with Crippen LogP contribution in [0.15, 0.2) is 11.6 Å². The lowest BCUT2D eigenvalue weighted by Crippen LogP contribution is -2.69. The Balaban J connectivity index is 1.04. The molecule has 5 aliphatic carbocycles. The zero-order valence-corrected chi connectivity index (χ0v) is 48.0. The maximum atomic E-state index is 15.7. The Morgan fingerprint density at radius 3 is 1.96 bits per heavy atom. The number of carbonyl (C=O) groups is 3. The number of esters is 1. The summed E-state index contributed by atoms with van der Waals surface area (Å²) in [6.45, 7) is 16.2. The molecule has 3 aliphatic heterocycles. The third-order valence-electron chi connectivity index (χ3n) is 21.8. The molecule has 11 N–H and O–H groups in total. The van der Waals surface area contributed by atoms with Crippen LogP contribution >= 0.6 is 0 Å². The van der Waals surface area contributed by atoms with Crippen molar-refractivity contribution in [1.29, 1.82) is 0 Å². The Hall–Kier alpha value is -2.41. The van der Waals surface area contributed by atoms with Gasteiger partial charge in [-0.1, -0.05) is 98.6 Å². The van der Waals surface area contributed by atoms with Crippen molar-refractivity contribution in [2.75, 3.05) is 13.2 Å². The number of hydrogen-bond donors (Lipinski definition) is 11. The minimum Gasteiger partial charge on any atom is -0.481 e. The molecule has 8 aliphatic rings. The van der Waals surface area contributed by atoms with E-state index in [0.717, 1.165) is 76.2 Å². The number of aliphatic hydroxyl groups is 9. The van der Waals surface area contributed by atoms with Gasteiger partial charge in [0, 0.05) is 12.8 Å². The van der Waals surface area contributed by atoms with E-state index < -0.39 is 140 Å². The average Bonchev–Trinajstić information content (AvgIpc) is 2.61. The van der Waals surface area contributed by atoms with Crippen LogP contribution in [0.4, 0.5) is 0 Å². The fourth-order valence-electron chi connectivity index (χ4n) is 16.8. The smallest absolute Gasteiger partial charge is 0.317 e. The van der Waals surface area contributed by atoms with E-state index in [1.807, 2.05) is 0 Å². The van der Waals surface area contributed by atoms with Crippen LogP contribution in [0, 0.1) is 50.2 Å². The molecule has 20 heteroatoms. The Morgan fingerprint density at radius 2 is 1.30 bits per heavy atom. The predicted octanol–water partition coefficient (Wildman–Crippen LogP) is 3.89. The molecule has 3 saturated heterocycles. The highest BCUT2D eigenvalue weighted by molar-refractivity contribution is 5.80. The van der Waals surface area contributed by atoms with Gasteiger partial charge in [-0.3, -0.25) is 14.4 Å². The number of amides is 1. The molecule has 4 saturated carbocycles. The van der Waals surface area contributed by atoms with Gasteiger partial charge in [0.05, 0.1) is 37.6 Å². The molecule has 7 fully saturated rings. The molecule has 23 atom stereocenters. The number of carboxylic acids is 1. The van der Waals surface area contributed by atoms with E-state index in [9.17, 15) is 55.5 Å². The number of allylic oxidation sites excluding steroid dienone is 2. The number of ether oxygens (including phenoxy) is 6. The molecule has 0 bridgehead atoms. The van der Waals surface area contributed by atoms with Gasteiger partial charge in [0.25, 0.3) is 0 Å². The topological polar surface area (TPSA) is 321 Å². The van der Waals surface area contributed by atoms with Crippen LogP contribution in [-0.2, 0) is 42.8 Å². The molecule has 0 aromatic rings. The maximum absolute atomic E-state index is 15.7. The van der Waals surface area contributed by atoms with E-state index in [2.05, 4.69) is 59.9 Å². The minimum atomic E-state index is -1.93. The summed E-state index contributed by atoms with van der Waals surface area (Å²) in [4.78, 5) is 40.1. The molecule has 8 rings (SSSR count).